The van der Waals surface area contributed by atoms with E-state index in [0.29, 0.717) is 0 Å². The fraction of sp³-hybridized carbons (Fsp3) is 0.143. The van der Waals surface area contributed by atoms with Crippen molar-refractivity contribution in [3.63, 3.8) is 0 Å². The van der Waals surface area contributed by atoms with Crippen molar-refractivity contribution in [2.75, 3.05) is 16.8 Å². The van der Waals surface area contributed by atoms with Crippen LogP contribution in [0.4, 0.5) is 21.5 Å². The Hall–Kier alpha value is -3.21. The van der Waals surface area contributed by atoms with E-state index in [9.17, 15) is 9.18 Å². The third-order valence-corrected chi connectivity index (χ3v) is 4.52. The molecule has 0 atom stereocenters. The zero-order valence-electron chi connectivity index (χ0n) is 14.2. The predicted molar refractivity (Wildman–Crippen MR) is 100 cm³/mol. The summed E-state index contributed by atoms with van der Waals surface area (Å²) in [4.78, 5) is 18.8. The molecule has 1 aliphatic heterocycles. The van der Waals surface area contributed by atoms with Crippen molar-refractivity contribution in [2.24, 2.45) is 0 Å². The van der Waals surface area contributed by atoms with Gasteiger partial charge < -0.3 is 10.2 Å². The number of anilines is 3. The zero-order chi connectivity index (χ0) is 17.9. The highest BCUT2D eigenvalue weighted by atomic mass is 19.1. The minimum absolute atomic E-state index is 0.146. The van der Waals surface area contributed by atoms with Crippen molar-refractivity contribution < 1.29 is 9.18 Å². The number of benzene rings is 2. The lowest BCUT2D eigenvalue weighted by Crippen LogP contribution is -2.25. The van der Waals surface area contributed by atoms with Crippen LogP contribution in [0.5, 0.6) is 0 Å². The van der Waals surface area contributed by atoms with Gasteiger partial charge in [-0.05, 0) is 48.7 Å². The number of halogens is 1. The lowest BCUT2D eigenvalue weighted by molar-refractivity contribution is 0.102. The van der Waals surface area contributed by atoms with E-state index in [0.717, 1.165) is 30.8 Å². The first kappa shape index (κ1) is 16.3. The molecule has 2 heterocycles. The van der Waals surface area contributed by atoms with Crippen LogP contribution in [0.15, 0.2) is 66.9 Å². The van der Waals surface area contributed by atoms with Crippen molar-refractivity contribution in [1.82, 2.24) is 4.98 Å². The van der Waals surface area contributed by atoms with Gasteiger partial charge in [-0.2, -0.15) is 0 Å². The molecule has 3 aromatic rings. The van der Waals surface area contributed by atoms with Gasteiger partial charge in [0.15, 0.2) is 0 Å². The van der Waals surface area contributed by atoms with Gasteiger partial charge in [-0.25, -0.2) is 4.39 Å². The number of nitrogens with zero attached hydrogens (tertiary/aromatic N) is 2. The molecule has 0 radical (unpaired) electrons. The SMILES string of the molecule is O=C(Nc1ccccc1F)c1cc(N2CCCc3ccccc32)ccn1. The Kier molecular flexibility index (Phi) is 4.35. The first-order valence-corrected chi connectivity index (χ1v) is 8.60. The summed E-state index contributed by atoms with van der Waals surface area (Å²) in [6.45, 7) is 0.884. The van der Waals surface area contributed by atoms with Crippen LogP contribution in [-0.2, 0) is 6.42 Å². The largest absolute Gasteiger partial charge is 0.341 e. The Morgan fingerprint density at radius 3 is 2.77 bits per heavy atom. The standard InChI is InChI=1S/C21H18FN3O/c22-17-8-2-3-9-18(17)24-21(26)19-14-16(11-12-23-19)25-13-5-7-15-6-1-4-10-20(15)25/h1-4,6,8-12,14H,5,7,13H2,(H,24,26). The number of nitrogens with one attached hydrogen (secondary N) is 1. The van der Waals surface area contributed by atoms with Crippen molar-refractivity contribution in [3.8, 4) is 0 Å². The molecule has 1 N–H and O–H groups in total. The van der Waals surface area contributed by atoms with Crippen molar-refractivity contribution in [3.05, 3.63) is 83.9 Å². The highest BCUT2D eigenvalue weighted by Crippen LogP contribution is 2.33. The molecule has 0 aliphatic carbocycles. The molecule has 1 aromatic heterocycles. The van der Waals surface area contributed by atoms with Crippen LogP contribution >= 0.6 is 0 Å². The van der Waals surface area contributed by atoms with Crippen LogP contribution in [0.25, 0.3) is 0 Å². The molecule has 0 unspecified atom stereocenters. The molecular weight excluding hydrogens is 329 g/mol. The summed E-state index contributed by atoms with van der Waals surface area (Å²) in [7, 11) is 0. The van der Waals surface area contributed by atoms with Gasteiger partial charge in [0.1, 0.15) is 11.5 Å². The minimum Gasteiger partial charge on any atom is -0.341 e. The fourth-order valence-corrected chi connectivity index (χ4v) is 3.26. The third kappa shape index (κ3) is 3.16. The van der Waals surface area contributed by atoms with E-state index in [1.807, 2.05) is 18.2 Å². The maximum Gasteiger partial charge on any atom is 0.274 e. The highest BCUT2D eigenvalue weighted by molar-refractivity contribution is 6.03. The van der Waals surface area contributed by atoms with Crippen LogP contribution in [0, 0.1) is 5.82 Å². The van der Waals surface area contributed by atoms with E-state index < -0.39 is 11.7 Å². The van der Waals surface area contributed by atoms with Gasteiger partial charge in [-0.3, -0.25) is 9.78 Å². The number of amides is 1. The maximum absolute atomic E-state index is 13.8. The summed E-state index contributed by atoms with van der Waals surface area (Å²) in [6.07, 6.45) is 3.72. The molecular formula is C21H18FN3O. The molecule has 1 aliphatic rings. The van der Waals surface area contributed by atoms with E-state index in [-0.39, 0.29) is 11.4 Å². The average molecular weight is 347 g/mol. The number of rotatable bonds is 3. The van der Waals surface area contributed by atoms with Crippen LogP contribution in [0.2, 0.25) is 0 Å². The minimum atomic E-state index is -0.470. The Bertz CT molecular complexity index is 957. The second-order valence-corrected chi connectivity index (χ2v) is 6.22. The fourth-order valence-electron chi connectivity index (χ4n) is 3.26. The first-order valence-electron chi connectivity index (χ1n) is 8.60. The molecule has 0 fully saturated rings. The topological polar surface area (TPSA) is 45.2 Å². The Morgan fingerprint density at radius 2 is 1.88 bits per heavy atom. The normalized spacial score (nSPS) is 13.2. The molecule has 130 valence electrons. The van der Waals surface area contributed by atoms with Gasteiger partial charge in [-0.15, -0.1) is 0 Å². The van der Waals surface area contributed by atoms with Crippen molar-refractivity contribution in [2.45, 2.75) is 12.8 Å². The molecule has 4 rings (SSSR count). The number of pyridine rings is 1. The molecule has 2 aromatic carbocycles. The van der Waals surface area contributed by atoms with Gasteiger partial charge in [0, 0.05) is 24.1 Å². The number of hydrogen-bond acceptors (Lipinski definition) is 3. The van der Waals surface area contributed by atoms with Crippen molar-refractivity contribution >= 4 is 23.0 Å². The predicted octanol–water partition coefficient (Wildman–Crippen LogP) is 4.56. The molecule has 5 heteroatoms. The molecule has 0 spiro atoms. The van der Waals surface area contributed by atoms with Gasteiger partial charge in [0.25, 0.3) is 5.91 Å². The zero-order valence-corrected chi connectivity index (χ0v) is 14.2. The molecule has 0 bridgehead atoms. The van der Waals surface area contributed by atoms with Crippen molar-refractivity contribution in [1.29, 1.82) is 0 Å². The van der Waals surface area contributed by atoms with Gasteiger partial charge in [0.2, 0.25) is 0 Å². The Balaban J connectivity index is 1.62. The first-order chi connectivity index (χ1) is 12.7. The number of aryl methyl sites for hydroxylation is 1. The monoisotopic (exact) mass is 347 g/mol. The maximum atomic E-state index is 13.8. The number of carbonyl (C=O) groups excluding carboxylic acids is 1. The summed E-state index contributed by atoms with van der Waals surface area (Å²) in [5, 5.41) is 2.58. The molecule has 0 saturated heterocycles. The number of aromatic nitrogens is 1. The van der Waals surface area contributed by atoms with Crippen LogP contribution in [0.1, 0.15) is 22.5 Å². The van der Waals surface area contributed by atoms with E-state index in [1.54, 1.807) is 24.4 Å². The quantitative estimate of drug-likeness (QED) is 0.755. The molecule has 26 heavy (non-hydrogen) atoms. The second-order valence-electron chi connectivity index (χ2n) is 6.22. The van der Waals surface area contributed by atoms with Crippen LogP contribution in [0.3, 0.4) is 0 Å². The lowest BCUT2D eigenvalue weighted by atomic mass is 10.0. The highest BCUT2D eigenvalue weighted by Gasteiger charge is 2.19. The lowest BCUT2D eigenvalue weighted by Gasteiger charge is -2.31. The molecule has 1 amide bonds. The molecule has 0 saturated carbocycles. The van der Waals surface area contributed by atoms with Gasteiger partial charge in [0.05, 0.1) is 5.69 Å². The molecule has 4 nitrogen and oxygen atoms in total. The Morgan fingerprint density at radius 1 is 1.08 bits per heavy atom. The second kappa shape index (κ2) is 6.96. The van der Waals surface area contributed by atoms with Crippen LogP contribution in [-0.4, -0.2) is 17.4 Å². The number of carbonyl (C=O) groups is 1. The number of para-hydroxylation sites is 2. The smallest absolute Gasteiger partial charge is 0.274 e. The third-order valence-electron chi connectivity index (χ3n) is 4.52. The van der Waals surface area contributed by atoms with E-state index in [4.69, 9.17) is 0 Å². The summed E-state index contributed by atoms with van der Waals surface area (Å²) in [5.74, 6) is -0.899. The number of fused-ring (bicyclic) bond motifs is 1. The van der Waals surface area contributed by atoms with E-state index in [2.05, 4.69) is 27.3 Å². The van der Waals surface area contributed by atoms with Crippen LogP contribution < -0.4 is 10.2 Å². The summed E-state index contributed by atoms with van der Waals surface area (Å²) in [6, 6.07) is 18.0. The van der Waals surface area contributed by atoms with Gasteiger partial charge in [-0.1, -0.05) is 30.3 Å². The van der Waals surface area contributed by atoms with E-state index >= 15 is 0 Å². The summed E-state index contributed by atoms with van der Waals surface area (Å²) >= 11 is 0. The average Bonchev–Trinajstić information content (AvgIpc) is 2.69. The number of hydrogen-bond donors (Lipinski definition) is 1. The Labute approximate surface area is 151 Å². The van der Waals surface area contributed by atoms with E-state index in [1.165, 1.54) is 17.7 Å². The van der Waals surface area contributed by atoms with Gasteiger partial charge >= 0.3 is 0 Å². The summed E-state index contributed by atoms with van der Waals surface area (Å²) < 4.78 is 13.8. The summed E-state index contributed by atoms with van der Waals surface area (Å²) in [5.41, 5.74) is 3.77.